The lowest BCUT2D eigenvalue weighted by atomic mass is 10.2. The van der Waals surface area contributed by atoms with Gasteiger partial charge in [-0.15, -0.1) is 6.42 Å². The lowest BCUT2D eigenvalue weighted by molar-refractivity contribution is -0.122. The van der Waals surface area contributed by atoms with Gasteiger partial charge >= 0.3 is 0 Å². The van der Waals surface area contributed by atoms with Crippen LogP contribution in [0.5, 0.6) is 11.5 Å². The summed E-state index contributed by atoms with van der Waals surface area (Å²) in [7, 11) is 0. The highest BCUT2D eigenvalue weighted by molar-refractivity contribution is 14.1. The molecule has 0 aromatic heterocycles. The summed E-state index contributed by atoms with van der Waals surface area (Å²) in [4.78, 5) is 26.3. The van der Waals surface area contributed by atoms with E-state index in [4.69, 9.17) is 15.9 Å². The second-order valence-corrected chi connectivity index (χ2v) is 7.60. The van der Waals surface area contributed by atoms with Crippen LogP contribution in [-0.4, -0.2) is 35.8 Å². The summed E-state index contributed by atoms with van der Waals surface area (Å²) in [6.07, 6.45) is 8.71. The fourth-order valence-electron chi connectivity index (χ4n) is 2.35. The van der Waals surface area contributed by atoms with Crippen molar-refractivity contribution in [1.29, 1.82) is 0 Å². The molecule has 2 amide bonds. The molecule has 1 heterocycles. The van der Waals surface area contributed by atoms with E-state index in [0.717, 1.165) is 33.7 Å². The third-order valence-corrected chi connectivity index (χ3v) is 5.25. The fourth-order valence-corrected chi connectivity index (χ4v) is 3.99. The first-order chi connectivity index (χ1) is 12.5. The maximum atomic E-state index is 12.5. The van der Waals surface area contributed by atoms with E-state index in [1.54, 1.807) is 12.1 Å². The Morgan fingerprint density at radius 3 is 2.73 bits per heavy atom. The van der Waals surface area contributed by atoms with E-state index < -0.39 is 0 Å². The number of nitrogens with zero attached hydrogens (tertiary/aromatic N) is 1. The number of terminal acetylenes is 1. The molecule has 1 aromatic rings. The van der Waals surface area contributed by atoms with Crippen molar-refractivity contribution in [2.45, 2.75) is 26.7 Å². The fraction of sp³-hybridized carbons (Fsp3) is 0.368. The van der Waals surface area contributed by atoms with E-state index in [2.05, 4.69) is 28.5 Å². The van der Waals surface area contributed by atoms with Crippen molar-refractivity contribution in [3.05, 3.63) is 26.2 Å². The third kappa shape index (κ3) is 4.95. The zero-order valence-electron chi connectivity index (χ0n) is 14.7. The Hall–Kier alpha value is -1.66. The minimum atomic E-state index is -0.242. The van der Waals surface area contributed by atoms with Crippen molar-refractivity contribution >= 4 is 51.6 Å². The van der Waals surface area contributed by atoms with Gasteiger partial charge in [0.2, 0.25) is 0 Å². The molecule has 26 heavy (non-hydrogen) atoms. The van der Waals surface area contributed by atoms with Gasteiger partial charge in [-0.05, 0) is 71.5 Å². The second-order valence-electron chi connectivity index (χ2n) is 5.44. The van der Waals surface area contributed by atoms with Crippen LogP contribution in [0.4, 0.5) is 4.79 Å². The molecule has 0 saturated carbocycles. The number of halogens is 1. The van der Waals surface area contributed by atoms with Crippen molar-refractivity contribution in [3.63, 3.8) is 0 Å². The van der Waals surface area contributed by atoms with Gasteiger partial charge in [0.1, 0.15) is 6.61 Å². The first-order valence-corrected chi connectivity index (χ1v) is 10.2. The molecule has 138 valence electrons. The molecule has 0 radical (unpaired) electrons. The smallest absolute Gasteiger partial charge is 0.293 e. The van der Waals surface area contributed by atoms with E-state index in [1.165, 1.54) is 4.90 Å². The van der Waals surface area contributed by atoms with Gasteiger partial charge in [-0.25, -0.2) is 0 Å². The number of hydrogen-bond acceptors (Lipinski definition) is 5. The number of benzene rings is 1. The number of unbranched alkanes of at least 4 members (excludes halogenated alkanes) is 1. The van der Waals surface area contributed by atoms with Gasteiger partial charge in [0.15, 0.2) is 11.5 Å². The molecule has 2 rings (SSSR count). The number of carbonyl (C=O) groups is 2. The number of amides is 2. The minimum absolute atomic E-state index is 0.145. The Kier molecular flexibility index (Phi) is 7.85. The Balaban J connectivity index is 2.31. The average molecular weight is 485 g/mol. The highest BCUT2D eigenvalue weighted by Gasteiger charge is 2.34. The lowest BCUT2D eigenvalue weighted by Crippen LogP contribution is -2.29. The molecule has 0 spiro atoms. The van der Waals surface area contributed by atoms with Crippen LogP contribution in [0.1, 0.15) is 32.3 Å². The molecule has 1 aliphatic heterocycles. The summed E-state index contributed by atoms with van der Waals surface area (Å²) in [6.45, 7) is 4.98. The molecule has 0 atom stereocenters. The molecule has 0 bridgehead atoms. The summed E-state index contributed by atoms with van der Waals surface area (Å²) >= 11 is 3.11. The summed E-state index contributed by atoms with van der Waals surface area (Å²) in [5, 5.41) is -0.219. The van der Waals surface area contributed by atoms with Crippen LogP contribution in [0.3, 0.4) is 0 Å². The summed E-state index contributed by atoms with van der Waals surface area (Å²) in [5.74, 6) is 3.34. The van der Waals surface area contributed by atoms with E-state index in [9.17, 15) is 9.59 Å². The molecule has 0 unspecified atom stereocenters. The standard InChI is InChI=1S/C19H20INO4S/c1-4-7-8-21-18(22)16(26-19(21)23)12-13-10-14(20)17(25-9-5-2)15(11-13)24-6-3/h2,10-12H,4,6-9H2,1,3H3. The molecule has 1 saturated heterocycles. The first kappa shape index (κ1) is 20.6. The van der Waals surface area contributed by atoms with E-state index in [-0.39, 0.29) is 17.8 Å². The molecule has 7 heteroatoms. The van der Waals surface area contributed by atoms with Crippen LogP contribution >= 0.6 is 34.4 Å². The number of thioether (sulfide) groups is 1. The van der Waals surface area contributed by atoms with Crippen LogP contribution in [-0.2, 0) is 4.79 Å². The van der Waals surface area contributed by atoms with Crippen molar-refractivity contribution in [2.75, 3.05) is 19.8 Å². The largest absolute Gasteiger partial charge is 0.490 e. The molecule has 0 aliphatic carbocycles. The van der Waals surface area contributed by atoms with Gasteiger partial charge in [0.25, 0.3) is 11.1 Å². The Morgan fingerprint density at radius 1 is 1.31 bits per heavy atom. The number of imide groups is 1. The number of rotatable bonds is 8. The summed E-state index contributed by atoms with van der Waals surface area (Å²) in [5.41, 5.74) is 0.770. The van der Waals surface area contributed by atoms with Crippen LogP contribution in [0, 0.1) is 15.9 Å². The monoisotopic (exact) mass is 485 g/mol. The normalized spacial score (nSPS) is 15.5. The van der Waals surface area contributed by atoms with Crippen molar-refractivity contribution in [1.82, 2.24) is 4.90 Å². The zero-order valence-corrected chi connectivity index (χ0v) is 17.7. The van der Waals surface area contributed by atoms with Crippen LogP contribution in [0.25, 0.3) is 6.08 Å². The van der Waals surface area contributed by atoms with E-state index in [1.807, 2.05) is 19.9 Å². The van der Waals surface area contributed by atoms with Gasteiger partial charge in [-0.1, -0.05) is 19.3 Å². The number of ether oxygens (including phenoxy) is 2. The summed E-state index contributed by atoms with van der Waals surface area (Å²) in [6, 6.07) is 3.66. The Morgan fingerprint density at radius 2 is 2.08 bits per heavy atom. The highest BCUT2D eigenvalue weighted by Crippen LogP contribution is 2.37. The van der Waals surface area contributed by atoms with E-state index in [0.29, 0.717) is 29.6 Å². The van der Waals surface area contributed by atoms with Gasteiger partial charge in [0, 0.05) is 6.54 Å². The maximum absolute atomic E-state index is 12.5. The lowest BCUT2D eigenvalue weighted by Gasteiger charge is -2.13. The number of carbonyl (C=O) groups excluding carboxylic acids is 2. The second kappa shape index (κ2) is 9.88. The van der Waals surface area contributed by atoms with Gasteiger partial charge < -0.3 is 9.47 Å². The first-order valence-electron chi connectivity index (χ1n) is 8.29. The van der Waals surface area contributed by atoms with Gasteiger partial charge in [0.05, 0.1) is 15.1 Å². The van der Waals surface area contributed by atoms with E-state index >= 15 is 0 Å². The predicted molar refractivity (Wildman–Crippen MR) is 112 cm³/mol. The molecular weight excluding hydrogens is 465 g/mol. The molecule has 1 aromatic carbocycles. The Bertz CT molecular complexity index is 770. The van der Waals surface area contributed by atoms with Crippen molar-refractivity contribution in [3.8, 4) is 23.8 Å². The molecule has 1 aliphatic rings. The molecule has 0 N–H and O–H groups in total. The molecular formula is C19H20INO4S. The number of hydrogen-bond donors (Lipinski definition) is 0. The quantitative estimate of drug-likeness (QED) is 0.308. The van der Waals surface area contributed by atoms with Crippen LogP contribution < -0.4 is 9.47 Å². The van der Waals surface area contributed by atoms with Crippen molar-refractivity contribution in [2.24, 2.45) is 0 Å². The zero-order chi connectivity index (χ0) is 19.1. The maximum Gasteiger partial charge on any atom is 0.293 e. The van der Waals surface area contributed by atoms with Gasteiger partial charge in [-0.3, -0.25) is 14.5 Å². The third-order valence-electron chi connectivity index (χ3n) is 3.54. The highest BCUT2D eigenvalue weighted by atomic mass is 127. The SMILES string of the molecule is C#CCOc1c(I)cc(C=C2SC(=O)N(CCCC)C2=O)cc1OCC. The summed E-state index contributed by atoms with van der Waals surface area (Å²) < 4.78 is 12.0. The molecule has 1 fully saturated rings. The minimum Gasteiger partial charge on any atom is -0.490 e. The predicted octanol–water partition coefficient (Wildman–Crippen LogP) is 4.54. The van der Waals surface area contributed by atoms with Crippen LogP contribution in [0.15, 0.2) is 17.0 Å². The molecule has 5 nitrogen and oxygen atoms in total. The van der Waals surface area contributed by atoms with Crippen molar-refractivity contribution < 1.29 is 19.1 Å². The van der Waals surface area contributed by atoms with Crippen LogP contribution in [0.2, 0.25) is 0 Å². The van der Waals surface area contributed by atoms with Gasteiger partial charge in [-0.2, -0.15) is 0 Å². The Labute approximate surface area is 171 Å². The topological polar surface area (TPSA) is 55.8 Å². The average Bonchev–Trinajstić information content (AvgIpc) is 2.86.